The highest BCUT2D eigenvalue weighted by molar-refractivity contribution is 5.84. The van der Waals surface area contributed by atoms with E-state index in [1.165, 1.54) is 0 Å². The second-order valence-corrected chi connectivity index (χ2v) is 4.42. The fraction of sp³-hybridized carbons (Fsp3) is 0.333. The topological polar surface area (TPSA) is 59.4 Å². The fourth-order valence-corrected chi connectivity index (χ4v) is 1.95. The number of para-hydroxylation sites is 1. The number of fused-ring (bicyclic) bond motifs is 1. The Kier molecular flexibility index (Phi) is 4.34. The molecule has 0 bridgehead atoms. The second-order valence-electron chi connectivity index (χ2n) is 4.42. The molecule has 0 fully saturated rings. The molecule has 1 unspecified atom stereocenters. The molecule has 0 amide bonds. The van der Waals surface area contributed by atoms with Crippen molar-refractivity contribution in [2.45, 2.75) is 32.3 Å². The minimum atomic E-state index is -0.929. The summed E-state index contributed by atoms with van der Waals surface area (Å²) in [5.41, 5.74) is 0.702. The van der Waals surface area contributed by atoms with E-state index >= 15 is 0 Å². The van der Waals surface area contributed by atoms with E-state index < -0.39 is 12.1 Å². The first kappa shape index (κ1) is 13.3. The van der Waals surface area contributed by atoms with Crippen molar-refractivity contribution < 1.29 is 14.6 Å². The van der Waals surface area contributed by atoms with Gasteiger partial charge in [0.05, 0.1) is 0 Å². The Morgan fingerprint density at radius 1 is 1.37 bits per heavy atom. The van der Waals surface area contributed by atoms with Gasteiger partial charge in [0, 0.05) is 11.6 Å². The standard InChI is InChI=1S/C15H17NO3/c1-2-3-8-13(15(17)18)19-12-9-4-6-11-7-5-10-16-14(11)12/h4-7,9-10,13H,2-3,8H2,1H3,(H,17,18). The summed E-state index contributed by atoms with van der Waals surface area (Å²) in [5, 5.41) is 10.1. The Morgan fingerprint density at radius 3 is 2.89 bits per heavy atom. The van der Waals surface area contributed by atoms with Crippen molar-refractivity contribution >= 4 is 16.9 Å². The van der Waals surface area contributed by atoms with E-state index in [2.05, 4.69) is 4.98 Å². The number of pyridine rings is 1. The number of ether oxygens (including phenoxy) is 1. The highest BCUT2D eigenvalue weighted by atomic mass is 16.5. The predicted molar refractivity (Wildman–Crippen MR) is 73.3 cm³/mol. The minimum absolute atomic E-state index is 0.509. The van der Waals surface area contributed by atoms with Gasteiger partial charge in [0.1, 0.15) is 11.3 Å². The zero-order valence-corrected chi connectivity index (χ0v) is 10.9. The van der Waals surface area contributed by atoms with Crippen LogP contribution in [-0.4, -0.2) is 22.2 Å². The number of carboxylic acid groups (broad SMARTS) is 1. The third kappa shape index (κ3) is 3.22. The summed E-state index contributed by atoms with van der Waals surface area (Å²) >= 11 is 0. The van der Waals surface area contributed by atoms with Crippen LogP contribution in [0.4, 0.5) is 0 Å². The second kappa shape index (κ2) is 6.18. The monoisotopic (exact) mass is 259 g/mol. The number of nitrogens with zero attached hydrogens (tertiary/aromatic N) is 1. The Labute approximate surface area is 112 Å². The number of carbonyl (C=O) groups is 1. The highest BCUT2D eigenvalue weighted by Gasteiger charge is 2.19. The van der Waals surface area contributed by atoms with E-state index in [9.17, 15) is 9.90 Å². The molecular weight excluding hydrogens is 242 g/mol. The zero-order valence-electron chi connectivity index (χ0n) is 10.9. The number of aliphatic carboxylic acids is 1. The third-order valence-corrected chi connectivity index (χ3v) is 2.96. The molecule has 1 aromatic carbocycles. The molecule has 0 aliphatic heterocycles. The van der Waals surface area contributed by atoms with Crippen molar-refractivity contribution in [1.82, 2.24) is 4.98 Å². The van der Waals surface area contributed by atoms with Crippen LogP contribution >= 0.6 is 0 Å². The summed E-state index contributed by atoms with van der Waals surface area (Å²) in [6, 6.07) is 9.31. The van der Waals surface area contributed by atoms with Crippen molar-refractivity contribution in [1.29, 1.82) is 0 Å². The van der Waals surface area contributed by atoms with Gasteiger partial charge in [-0.1, -0.05) is 31.5 Å². The molecule has 1 atom stereocenters. The average molecular weight is 259 g/mol. The van der Waals surface area contributed by atoms with Crippen molar-refractivity contribution in [2.75, 3.05) is 0 Å². The molecule has 100 valence electrons. The summed E-state index contributed by atoms with van der Waals surface area (Å²) in [6.07, 6.45) is 3.15. The third-order valence-electron chi connectivity index (χ3n) is 2.96. The van der Waals surface area contributed by atoms with Crippen LogP contribution in [-0.2, 0) is 4.79 Å². The van der Waals surface area contributed by atoms with E-state index in [0.717, 1.165) is 18.2 Å². The molecule has 1 heterocycles. The molecular formula is C15H17NO3. The SMILES string of the molecule is CCCCC(Oc1cccc2cccnc12)C(=O)O. The summed E-state index contributed by atoms with van der Waals surface area (Å²) in [5.74, 6) is -0.400. The molecule has 0 aliphatic carbocycles. The lowest BCUT2D eigenvalue weighted by Crippen LogP contribution is -2.27. The van der Waals surface area contributed by atoms with Gasteiger partial charge in [-0.25, -0.2) is 4.79 Å². The summed E-state index contributed by atoms with van der Waals surface area (Å²) in [4.78, 5) is 15.5. The van der Waals surface area contributed by atoms with E-state index in [4.69, 9.17) is 4.74 Å². The van der Waals surface area contributed by atoms with Gasteiger partial charge in [0.15, 0.2) is 6.10 Å². The number of hydrogen-bond acceptors (Lipinski definition) is 3. The van der Waals surface area contributed by atoms with Crippen LogP contribution in [0, 0.1) is 0 Å². The van der Waals surface area contributed by atoms with Crippen LogP contribution in [0.2, 0.25) is 0 Å². The maximum absolute atomic E-state index is 11.2. The number of aromatic nitrogens is 1. The lowest BCUT2D eigenvalue weighted by molar-refractivity contribution is -0.145. The lowest BCUT2D eigenvalue weighted by Gasteiger charge is -2.15. The molecule has 1 N–H and O–H groups in total. The first-order valence-corrected chi connectivity index (χ1v) is 6.45. The van der Waals surface area contributed by atoms with Gasteiger partial charge in [0.2, 0.25) is 0 Å². The maximum atomic E-state index is 11.2. The summed E-state index contributed by atoms with van der Waals surface area (Å²) in [7, 11) is 0. The summed E-state index contributed by atoms with van der Waals surface area (Å²) in [6.45, 7) is 2.03. The van der Waals surface area contributed by atoms with Crippen LogP contribution in [0.25, 0.3) is 10.9 Å². The van der Waals surface area contributed by atoms with Gasteiger partial charge in [-0.15, -0.1) is 0 Å². The first-order valence-electron chi connectivity index (χ1n) is 6.45. The fourth-order valence-electron chi connectivity index (χ4n) is 1.95. The first-order chi connectivity index (χ1) is 9.22. The van der Waals surface area contributed by atoms with Crippen LogP contribution in [0.5, 0.6) is 5.75 Å². The quantitative estimate of drug-likeness (QED) is 0.865. The van der Waals surface area contributed by atoms with Crippen molar-refractivity contribution in [3.05, 3.63) is 36.5 Å². The largest absolute Gasteiger partial charge is 0.479 e. The molecule has 0 spiro atoms. The van der Waals surface area contributed by atoms with Gasteiger partial charge < -0.3 is 9.84 Å². The molecule has 19 heavy (non-hydrogen) atoms. The number of carboxylic acids is 1. The van der Waals surface area contributed by atoms with E-state index in [0.29, 0.717) is 17.7 Å². The van der Waals surface area contributed by atoms with E-state index in [1.807, 2.05) is 31.2 Å². The minimum Gasteiger partial charge on any atom is -0.479 e. The van der Waals surface area contributed by atoms with Gasteiger partial charge >= 0.3 is 5.97 Å². The van der Waals surface area contributed by atoms with Crippen LogP contribution in [0.15, 0.2) is 36.5 Å². The van der Waals surface area contributed by atoms with E-state index in [-0.39, 0.29) is 0 Å². The van der Waals surface area contributed by atoms with E-state index in [1.54, 1.807) is 12.3 Å². The summed E-state index contributed by atoms with van der Waals surface area (Å²) < 4.78 is 5.63. The van der Waals surface area contributed by atoms with Crippen molar-refractivity contribution in [2.24, 2.45) is 0 Å². The predicted octanol–water partition coefficient (Wildman–Crippen LogP) is 3.26. The van der Waals surface area contributed by atoms with Gasteiger partial charge in [-0.05, 0) is 25.0 Å². The molecule has 0 aliphatic rings. The zero-order chi connectivity index (χ0) is 13.7. The number of benzene rings is 1. The molecule has 0 saturated heterocycles. The number of hydrogen-bond donors (Lipinski definition) is 1. The molecule has 1 aromatic heterocycles. The van der Waals surface area contributed by atoms with Crippen molar-refractivity contribution in [3.8, 4) is 5.75 Å². The maximum Gasteiger partial charge on any atom is 0.344 e. The normalized spacial score (nSPS) is 12.3. The molecule has 0 saturated carbocycles. The molecule has 0 radical (unpaired) electrons. The van der Waals surface area contributed by atoms with Gasteiger partial charge in [-0.3, -0.25) is 4.98 Å². The van der Waals surface area contributed by atoms with Crippen LogP contribution < -0.4 is 4.74 Å². The van der Waals surface area contributed by atoms with Crippen LogP contribution in [0.3, 0.4) is 0 Å². The molecule has 4 nitrogen and oxygen atoms in total. The van der Waals surface area contributed by atoms with Gasteiger partial charge in [-0.2, -0.15) is 0 Å². The highest BCUT2D eigenvalue weighted by Crippen LogP contribution is 2.24. The van der Waals surface area contributed by atoms with Crippen LogP contribution in [0.1, 0.15) is 26.2 Å². The Morgan fingerprint density at radius 2 is 2.16 bits per heavy atom. The number of rotatable bonds is 6. The Hall–Kier alpha value is -2.10. The Bertz CT molecular complexity index is 563. The number of unbranched alkanes of at least 4 members (excludes halogenated alkanes) is 1. The molecule has 4 heteroatoms. The van der Waals surface area contributed by atoms with Gasteiger partial charge in [0.25, 0.3) is 0 Å². The average Bonchev–Trinajstić information content (AvgIpc) is 2.43. The Balaban J connectivity index is 2.26. The molecule has 2 aromatic rings. The smallest absolute Gasteiger partial charge is 0.344 e. The lowest BCUT2D eigenvalue weighted by atomic mass is 10.1. The van der Waals surface area contributed by atoms with Crippen molar-refractivity contribution in [3.63, 3.8) is 0 Å². The molecule has 2 rings (SSSR count).